The van der Waals surface area contributed by atoms with Crippen LogP contribution < -0.4 is 49.5 Å². The molecule has 0 saturated carbocycles. The van der Waals surface area contributed by atoms with Crippen molar-refractivity contribution in [1.29, 1.82) is 0 Å². The Labute approximate surface area is 243 Å². The van der Waals surface area contributed by atoms with E-state index in [1.54, 1.807) is 30.3 Å². The van der Waals surface area contributed by atoms with Gasteiger partial charge in [0.1, 0.15) is 22.7 Å². The van der Waals surface area contributed by atoms with Crippen LogP contribution in [0.15, 0.2) is 65.1 Å². The number of halogens is 3. The summed E-state index contributed by atoms with van der Waals surface area (Å²) in [6, 6.07) is 17.3. The first-order valence-corrected chi connectivity index (χ1v) is 12.1. The fourth-order valence-corrected chi connectivity index (χ4v) is 4.37. The molecule has 4 rings (SSSR count). The largest absolute Gasteiger partial charge is 1.00 e. The van der Waals surface area contributed by atoms with Crippen molar-refractivity contribution in [3.63, 3.8) is 0 Å². The Morgan fingerprint density at radius 1 is 1.14 bits per heavy atom. The molecule has 0 aromatic heterocycles. The molecule has 3 aromatic carbocycles. The van der Waals surface area contributed by atoms with E-state index in [1.807, 2.05) is 24.3 Å². The molecule has 0 radical (unpaired) electrons. The summed E-state index contributed by atoms with van der Waals surface area (Å²) in [5.74, 6) is -1.09. The molecule has 1 amide bonds. The van der Waals surface area contributed by atoms with Crippen molar-refractivity contribution in [3.8, 4) is 17.2 Å². The van der Waals surface area contributed by atoms with Gasteiger partial charge in [-0.15, -0.1) is 0 Å². The smallest absolute Gasteiger partial charge is 0.549 e. The molecule has 10 heteroatoms. The minimum absolute atomic E-state index is 0. The Balaban J connectivity index is 0.00000342. The van der Waals surface area contributed by atoms with Crippen LogP contribution >= 0.6 is 39.1 Å². The van der Waals surface area contributed by atoms with Gasteiger partial charge in [-0.1, -0.05) is 51.3 Å². The zero-order valence-corrected chi connectivity index (χ0v) is 23.8. The van der Waals surface area contributed by atoms with E-state index in [9.17, 15) is 14.7 Å². The number of hydrogen-bond acceptors (Lipinski definition) is 5. The van der Waals surface area contributed by atoms with E-state index < -0.39 is 17.4 Å². The van der Waals surface area contributed by atoms with Crippen molar-refractivity contribution in [2.75, 3.05) is 6.61 Å². The Bertz CT molecular complexity index is 1210. The molecule has 1 aliphatic heterocycles. The minimum Gasteiger partial charge on any atom is -0.549 e. The van der Waals surface area contributed by atoms with Crippen LogP contribution in [0, 0.1) is 0 Å². The van der Waals surface area contributed by atoms with E-state index in [-0.39, 0.29) is 47.1 Å². The maximum Gasteiger partial charge on any atom is 1.00 e. The van der Waals surface area contributed by atoms with E-state index >= 15 is 0 Å². The van der Waals surface area contributed by atoms with Crippen LogP contribution in [-0.2, 0) is 11.2 Å². The van der Waals surface area contributed by atoms with Crippen LogP contribution in [0.1, 0.15) is 33.8 Å². The predicted molar refractivity (Wildman–Crippen MR) is 131 cm³/mol. The molecule has 2 atom stereocenters. The molecule has 0 aliphatic carbocycles. The third-order valence-corrected chi connectivity index (χ3v) is 6.44. The standard InChI is InChI=1S/C25H20BrCl2NO5.Na/c26-16-5-1-14(2-6-16)11-23(28)29-24(30)15-3-7-17(8-4-15)34-22-13-21-19(12-20(22)27)18(25(31)32)9-10-33-21;/h1-8,12-13,18,23H,9-11H2,(H,29,30)(H,31,32);/q;+1/p-1. The summed E-state index contributed by atoms with van der Waals surface area (Å²) in [5.41, 5.74) is 1.33. The number of ether oxygens (including phenoxy) is 2. The maximum atomic E-state index is 12.5. The number of carbonyl (C=O) groups excluding carboxylic acids is 2. The number of fused-ring (bicyclic) bond motifs is 1. The number of nitrogens with one attached hydrogen (secondary N) is 1. The van der Waals surface area contributed by atoms with Gasteiger partial charge in [-0.25, -0.2) is 0 Å². The number of hydrogen-bond donors (Lipinski definition) is 1. The van der Waals surface area contributed by atoms with Gasteiger partial charge in [0.25, 0.3) is 5.91 Å². The molecule has 35 heavy (non-hydrogen) atoms. The molecule has 176 valence electrons. The van der Waals surface area contributed by atoms with Gasteiger partial charge >= 0.3 is 29.6 Å². The molecule has 3 aromatic rings. The van der Waals surface area contributed by atoms with Crippen molar-refractivity contribution in [2.45, 2.75) is 24.3 Å². The van der Waals surface area contributed by atoms with E-state index in [0.717, 1.165) is 10.0 Å². The summed E-state index contributed by atoms with van der Waals surface area (Å²) >= 11 is 16.0. The SMILES string of the molecule is O=C(NC(Cl)Cc1ccc(Br)cc1)c1ccc(Oc2cc3c(cc2Cl)C(C(=O)[O-])CCO3)cc1.[Na+]. The molecule has 2 unspecified atom stereocenters. The maximum absolute atomic E-state index is 12.5. The van der Waals surface area contributed by atoms with Gasteiger partial charge in [-0.3, -0.25) is 4.79 Å². The van der Waals surface area contributed by atoms with Crippen molar-refractivity contribution in [1.82, 2.24) is 5.32 Å². The van der Waals surface area contributed by atoms with E-state index in [1.165, 1.54) is 6.07 Å². The summed E-state index contributed by atoms with van der Waals surface area (Å²) in [6.45, 7) is 0.264. The molecule has 6 nitrogen and oxygen atoms in total. The van der Waals surface area contributed by atoms with Crippen LogP contribution in [0.4, 0.5) is 0 Å². The normalized spacial score (nSPS) is 15.1. The second-order valence-corrected chi connectivity index (χ2v) is 9.58. The summed E-state index contributed by atoms with van der Waals surface area (Å²) in [7, 11) is 0. The summed E-state index contributed by atoms with van der Waals surface area (Å²) in [4.78, 5) is 23.9. The number of alkyl halides is 1. The van der Waals surface area contributed by atoms with Gasteiger partial charge in [-0.05, 0) is 54.4 Å². The molecular formula is C25H19BrCl2NNaO5. The molecular weight excluding hydrogens is 568 g/mol. The summed E-state index contributed by atoms with van der Waals surface area (Å²) in [5, 5.41) is 14.4. The van der Waals surface area contributed by atoms with Crippen molar-refractivity contribution in [3.05, 3.63) is 86.8 Å². The minimum atomic E-state index is -1.17. The van der Waals surface area contributed by atoms with Gasteiger partial charge < -0.3 is 24.7 Å². The number of rotatable bonds is 7. The monoisotopic (exact) mass is 585 g/mol. The Kier molecular flexibility index (Phi) is 9.93. The number of carbonyl (C=O) groups is 2. The Morgan fingerprint density at radius 2 is 1.83 bits per heavy atom. The number of aliphatic carboxylic acids is 1. The Morgan fingerprint density at radius 3 is 2.49 bits per heavy atom. The fraction of sp³-hybridized carbons (Fsp3) is 0.200. The van der Waals surface area contributed by atoms with Crippen LogP contribution in [0.3, 0.4) is 0 Å². The number of carboxylic acid groups (broad SMARTS) is 1. The first-order valence-electron chi connectivity index (χ1n) is 10.4. The fourth-order valence-electron chi connectivity index (χ4n) is 3.62. The third kappa shape index (κ3) is 7.15. The van der Waals surface area contributed by atoms with Gasteiger partial charge in [0.15, 0.2) is 0 Å². The van der Waals surface area contributed by atoms with Crippen LogP contribution in [0.5, 0.6) is 17.2 Å². The number of benzene rings is 3. The quantitative estimate of drug-likeness (QED) is 0.260. The van der Waals surface area contributed by atoms with Gasteiger partial charge in [-0.2, -0.15) is 0 Å². The zero-order valence-electron chi connectivity index (χ0n) is 18.7. The molecule has 0 fully saturated rings. The molecule has 1 aliphatic rings. The second-order valence-electron chi connectivity index (χ2n) is 7.73. The average molecular weight is 587 g/mol. The van der Waals surface area contributed by atoms with Crippen LogP contribution in [0.2, 0.25) is 5.02 Å². The van der Waals surface area contributed by atoms with E-state index in [2.05, 4.69) is 21.2 Å². The zero-order chi connectivity index (χ0) is 24.2. The predicted octanol–water partition coefficient (Wildman–Crippen LogP) is 2.05. The van der Waals surface area contributed by atoms with Crippen LogP contribution in [0.25, 0.3) is 0 Å². The van der Waals surface area contributed by atoms with E-state index in [0.29, 0.717) is 41.2 Å². The van der Waals surface area contributed by atoms with Gasteiger partial charge in [0.2, 0.25) is 0 Å². The molecule has 1 N–H and O–H groups in total. The number of carboxylic acids is 1. The van der Waals surface area contributed by atoms with Gasteiger partial charge in [0.05, 0.1) is 11.6 Å². The first kappa shape index (κ1) is 27.8. The van der Waals surface area contributed by atoms with Crippen molar-refractivity contribution < 1.29 is 53.7 Å². The van der Waals surface area contributed by atoms with Gasteiger partial charge in [0, 0.05) is 40.0 Å². The topological polar surface area (TPSA) is 87.7 Å². The second kappa shape index (κ2) is 12.5. The Hall–Kier alpha value is -1.74. The third-order valence-electron chi connectivity index (χ3n) is 5.35. The number of amides is 1. The molecule has 0 spiro atoms. The molecule has 1 heterocycles. The van der Waals surface area contributed by atoms with E-state index in [4.69, 9.17) is 32.7 Å². The van der Waals surface area contributed by atoms with Crippen LogP contribution in [-0.4, -0.2) is 24.0 Å². The summed E-state index contributed by atoms with van der Waals surface area (Å²) in [6.07, 6.45) is 0.807. The average Bonchev–Trinajstić information content (AvgIpc) is 2.81. The molecule has 0 bridgehead atoms. The van der Waals surface area contributed by atoms with Crippen molar-refractivity contribution in [2.24, 2.45) is 0 Å². The first-order chi connectivity index (χ1) is 16.3. The summed E-state index contributed by atoms with van der Waals surface area (Å²) < 4.78 is 12.4. The molecule has 0 saturated heterocycles. The van der Waals surface area contributed by atoms with Crippen molar-refractivity contribution >= 4 is 51.0 Å².